The highest BCUT2D eigenvalue weighted by molar-refractivity contribution is 5.32. The molecule has 0 bridgehead atoms. The molecule has 0 unspecified atom stereocenters. The van der Waals surface area contributed by atoms with Gasteiger partial charge in [-0.05, 0) is 38.1 Å². The van der Waals surface area contributed by atoms with Gasteiger partial charge in [0.25, 0.3) is 0 Å². The smallest absolute Gasteiger partial charge is 0.0621 e. The number of nitrogens with one attached hydrogen (secondary N) is 1. The maximum Gasteiger partial charge on any atom is 0.0621 e. The number of fused-ring (bicyclic) bond motifs is 1. The Morgan fingerprint density at radius 3 is 1.92 bits per heavy atom. The maximum atomic E-state index is 9.25. The zero-order valence-electron chi connectivity index (χ0n) is 8.25. The van der Waals surface area contributed by atoms with Crippen molar-refractivity contribution in [3.8, 4) is 0 Å². The van der Waals surface area contributed by atoms with Gasteiger partial charge in [-0.15, -0.1) is 0 Å². The second-order valence-electron chi connectivity index (χ2n) is 3.33. The van der Waals surface area contributed by atoms with Crippen molar-refractivity contribution in [3.63, 3.8) is 0 Å². The van der Waals surface area contributed by atoms with Gasteiger partial charge in [-0.1, -0.05) is 24.3 Å². The first-order valence-corrected chi connectivity index (χ1v) is 4.61. The van der Waals surface area contributed by atoms with Crippen LogP contribution in [0.3, 0.4) is 0 Å². The Hall–Kier alpha value is -0.860. The highest BCUT2D eigenvalue weighted by Gasteiger charge is 2.17. The van der Waals surface area contributed by atoms with Crippen molar-refractivity contribution < 1.29 is 5.11 Å². The third kappa shape index (κ3) is 2.83. The number of hydrogen-bond acceptors (Lipinski definition) is 2. The summed E-state index contributed by atoms with van der Waals surface area (Å²) in [6, 6.07) is 8.23. The monoisotopic (exact) mass is 179 g/mol. The number of aliphatic hydroxyl groups excluding tert-OH is 1. The summed E-state index contributed by atoms with van der Waals surface area (Å²) in [5.41, 5.74) is 2.63. The molecule has 0 saturated carbocycles. The third-order valence-electron chi connectivity index (χ3n) is 2.03. The molecule has 0 aromatic heterocycles. The van der Waals surface area contributed by atoms with Gasteiger partial charge in [0.05, 0.1) is 6.10 Å². The highest BCUT2D eigenvalue weighted by atomic mass is 16.3. The van der Waals surface area contributed by atoms with Gasteiger partial charge < -0.3 is 10.4 Å². The molecule has 2 heteroatoms. The molecule has 1 aromatic rings. The van der Waals surface area contributed by atoms with Gasteiger partial charge in [0.2, 0.25) is 0 Å². The van der Waals surface area contributed by atoms with E-state index < -0.39 is 0 Å². The van der Waals surface area contributed by atoms with Gasteiger partial charge in [0.1, 0.15) is 0 Å². The van der Waals surface area contributed by atoms with Crippen LogP contribution in [-0.4, -0.2) is 25.3 Å². The molecule has 0 fully saturated rings. The minimum absolute atomic E-state index is 0.127. The van der Waals surface area contributed by atoms with Gasteiger partial charge in [-0.3, -0.25) is 0 Å². The molecule has 2 rings (SSSR count). The molecule has 0 atom stereocenters. The van der Waals surface area contributed by atoms with E-state index in [0.717, 1.165) is 12.8 Å². The molecule has 0 aliphatic heterocycles. The van der Waals surface area contributed by atoms with Crippen molar-refractivity contribution in [2.24, 2.45) is 0 Å². The van der Waals surface area contributed by atoms with Gasteiger partial charge in [0.15, 0.2) is 0 Å². The highest BCUT2D eigenvalue weighted by Crippen LogP contribution is 2.20. The quantitative estimate of drug-likeness (QED) is 0.622. The van der Waals surface area contributed by atoms with Gasteiger partial charge in [-0.25, -0.2) is 0 Å². The fourth-order valence-corrected chi connectivity index (χ4v) is 1.54. The molecule has 72 valence electrons. The molecule has 0 heterocycles. The Morgan fingerprint density at radius 1 is 1.15 bits per heavy atom. The van der Waals surface area contributed by atoms with E-state index in [1.54, 1.807) is 0 Å². The first kappa shape index (κ1) is 10.2. The molecule has 0 amide bonds. The van der Waals surface area contributed by atoms with Crippen molar-refractivity contribution in [2.75, 3.05) is 14.1 Å². The first-order chi connectivity index (χ1) is 6.27. The van der Waals surface area contributed by atoms with E-state index in [-0.39, 0.29) is 6.10 Å². The summed E-state index contributed by atoms with van der Waals surface area (Å²) in [6.45, 7) is 0. The third-order valence-corrected chi connectivity index (χ3v) is 2.03. The summed E-state index contributed by atoms with van der Waals surface area (Å²) in [5.74, 6) is 0. The van der Waals surface area contributed by atoms with Gasteiger partial charge in [0, 0.05) is 0 Å². The van der Waals surface area contributed by atoms with Crippen LogP contribution >= 0.6 is 0 Å². The number of aliphatic hydroxyl groups is 1. The van der Waals surface area contributed by atoms with E-state index in [1.165, 1.54) is 11.1 Å². The van der Waals surface area contributed by atoms with E-state index in [4.69, 9.17) is 0 Å². The van der Waals surface area contributed by atoms with Crippen LogP contribution in [0.4, 0.5) is 0 Å². The van der Waals surface area contributed by atoms with Crippen molar-refractivity contribution in [2.45, 2.75) is 18.9 Å². The van der Waals surface area contributed by atoms with Gasteiger partial charge in [-0.2, -0.15) is 0 Å². The minimum Gasteiger partial charge on any atom is -0.392 e. The molecule has 1 aliphatic carbocycles. The molecular formula is C11H17NO. The number of hydrogen-bond donors (Lipinski definition) is 2. The molecule has 2 nitrogen and oxygen atoms in total. The van der Waals surface area contributed by atoms with Crippen molar-refractivity contribution in [3.05, 3.63) is 35.4 Å². The topological polar surface area (TPSA) is 32.3 Å². The van der Waals surface area contributed by atoms with E-state index in [0.29, 0.717) is 0 Å². The Balaban J connectivity index is 0.000000251. The standard InChI is InChI=1S/C9H10O.C2H7N/c10-9-5-7-3-1-2-4-8(7)6-9;1-3-2/h1-4,9-10H,5-6H2;3H,1-2H3. The van der Waals surface area contributed by atoms with E-state index in [1.807, 2.05) is 26.2 Å². The van der Waals surface area contributed by atoms with Crippen molar-refractivity contribution in [1.82, 2.24) is 5.32 Å². The summed E-state index contributed by atoms with van der Waals surface area (Å²) in [5, 5.41) is 12.0. The zero-order chi connectivity index (χ0) is 9.68. The largest absolute Gasteiger partial charge is 0.392 e. The summed E-state index contributed by atoms with van der Waals surface area (Å²) >= 11 is 0. The van der Waals surface area contributed by atoms with Crippen LogP contribution in [0.2, 0.25) is 0 Å². The lowest BCUT2D eigenvalue weighted by Gasteiger charge is -1.93. The average molecular weight is 179 g/mol. The molecular weight excluding hydrogens is 162 g/mol. The van der Waals surface area contributed by atoms with Crippen LogP contribution < -0.4 is 5.32 Å². The van der Waals surface area contributed by atoms with Crippen LogP contribution in [0.5, 0.6) is 0 Å². The lowest BCUT2D eigenvalue weighted by Crippen LogP contribution is -2.03. The van der Waals surface area contributed by atoms with Crippen LogP contribution in [0.1, 0.15) is 11.1 Å². The Bertz CT molecular complexity index is 235. The Morgan fingerprint density at radius 2 is 1.54 bits per heavy atom. The second-order valence-corrected chi connectivity index (χ2v) is 3.33. The molecule has 0 radical (unpaired) electrons. The first-order valence-electron chi connectivity index (χ1n) is 4.61. The predicted octanol–water partition coefficient (Wildman–Crippen LogP) is 0.982. The molecule has 2 N–H and O–H groups in total. The fourth-order valence-electron chi connectivity index (χ4n) is 1.54. The summed E-state index contributed by atoms with van der Waals surface area (Å²) < 4.78 is 0. The van der Waals surface area contributed by atoms with Crippen LogP contribution in [0.15, 0.2) is 24.3 Å². The molecule has 1 aromatic carbocycles. The summed E-state index contributed by atoms with van der Waals surface area (Å²) in [6.07, 6.45) is 1.56. The van der Waals surface area contributed by atoms with E-state index in [2.05, 4.69) is 17.4 Å². The maximum absolute atomic E-state index is 9.25. The lowest BCUT2D eigenvalue weighted by atomic mass is 10.1. The molecule has 0 saturated heterocycles. The van der Waals surface area contributed by atoms with E-state index in [9.17, 15) is 5.11 Å². The van der Waals surface area contributed by atoms with Crippen LogP contribution in [-0.2, 0) is 12.8 Å². The zero-order valence-corrected chi connectivity index (χ0v) is 8.25. The lowest BCUT2D eigenvalue weighted by molar-refractivity contribution is 0.187. The SMILES string of the molecule is CNC.OC1Cc2ccccc2C1. The summed E-state index contributed by atoms with van der Waals surface area (Å²) in [4.78, 5) is 0. The number of benzene rings is 1. The molecule has 0 spiro atoms. The fraction of sp³-hybridized carbons (Fsp3) is 0.455. The average Bonchev–Trinajstić information content (AvgIpc) is 2.45. The van der Waals surface area contributed by atoms with Crippen LogP contribution in [0.25, 0.3) is 0 Å². The molecule has 13 heavy (non-hydrogen) atoms. The van der Waals surface area contributed by atoms with Gasteiger partial charge >= 0.3 is 0 Å². The van der Waals surface area contributed by atoms with Crippen LogP contribution in [0, 0.1) is 0 Å². The normalized spacial score (nSPS) is 14.7. The van der Waals surface area contributed by atoms with Crippen molar-refractivity contribution >= 4 is 0 Å². The van der Waals surface area contributed by atoms with Crippen molar-refractivity contribution in [1.29, 1.82) is 0 Å². The predicted molar refractivity (Wildman–Crippen MR) is 54.8 cm³/mol. The second kappa shape index (κ2) is 5.00. The Kier molecular flexibility index (Phi) is 3.93. The van der Waals surface area contributed by atoms with E-state index >= 15 is 0 Å². The minimum atomic E-state index is -0.127. The summed E-state index contributed by atoms with van der Waals surface area (Å²) in [7, 11) is 3.75. The molecule has 1 aliphatic rings. The Labute approximate surface area is 79.6 Å². The number of rotatable bonds is 0.